The fraction of sp³-hybridized carbons (Fsp3) is 0.433. The number of nitrogens with one attached hydrogen (secondary N) is 1. The number of halogens is 6. The molecule has 3 N–H and O–H groups in total. The maximum Gasteiger partial charge on any atom is 0.416 e. The van der Waals surface area contributed by atoms with Gasteiger partial charge in [-0.25, -0.2) is 19.7 Å². The Morgan fingerprint density at radius 3 is 2.31 bits per heavy atom. The number of anilines is 2. The number of aliphatic carboxylic acids is 1. The third kappa shape index (κ3) is 8.72. The van der Waals surface area contributed by atoms with Crippen LogP contribution in [0.4, 0.5) is 42.8 Å². The van der Waals surface area contributed by atoms with E-state index in [1.165, 1.54) is 24.3 Å². The average molecular weight is 688 g/mol. The molecule has 0 aliphatic carbocycles. The van der Waals surface area contributed by atoms with Crippen LogP contribution in [0.5, 0.6) is 11.6 Å². The second kappa shape index (κ2) is 14.9. The van der Waals surface area contributed by atoms with Crippen molar-refractivity contribution < 1.29 is 60.4 Å². The maximum atomic E-state index is 13.5. The van der Waals surface area contributed by atoms with Crippen molar-refractivity contribution >= 4 is 23.7 Å². The molecule has 18 heteroatoms. The Morgan fingerprint density at radius 2 is 1.73 bits per heavy atom. The van der Waals surface area contributed by atoms with Crippen LogP contribution in [0.1, 0.15) is 60.3 Å². The van der Waals surface area contributed by atoms with Gasteiger partial charge in [0.1, 0.15) is 13.2 Å². The summed E-state index contributed by atoms with van der Waals surface area (Å²) in [6.45, 7) is 0.754. The number of carbonyl (C=O) groups is 2. The molecule has 2 atom stereocenters. The Labute approximate surface area is 269 Å². The first-order valence-corrected chi connectivity index (χ1v) is 14.5. The zero-order valence-corrected chi connectivity index (χ0v) is 25.6. The molecule has 4 rings (SSSR count). The number of hydrogen-bond acceptors (Lipinski definition) is 10. The average Bonchev–Trinajstić information content (AvgIpc) is 3.02. The van der Waals surface area contributed by atoms with Gasteiger partial charge < -0.3 is 29.7 Å². The third-order valence-electron chi connectivity index (χ3n) is 7.26. The van der Waals surface area contributed by atoms with E-state index in [0.717, 1.165) is 0 Å². The number of carboxylic acid groups (broad SMARTS) is 1. The van der Waals surface area contributed by atoms with E-state index in [1.807, 2.05) is 6.92 Å². The summed E-state index contributed by atoms with van der Waals surface area (Å²) in [5, 5.41) is 21.2. The van der Waals surface area contributed by atoms with Crippen LogP contribution in [-0.2, 0) is 28.3 Å². The lowest BCUT2D eigenvalue weighted by atomic mass is 9.93. The number of carboxylic acids is 1. The predicted octanol–water partition coefficient (Wildman–Crippen LogP) is 5.63. The number of fused-ring (bicyclic) bond motifs is 1. The highest BCUT2D eigenvalue weighted by atomic mass is 19.4. The third-order valence-corrected chi connectivity index (χ3v) is 7.26. The lowest BCUT2D eigenvalue weighted by molar-refractivity contribution is -0.143. The molecule has 1 aromatic carbocycles. The van der Waals surface area contributed by atoms with Crippen molar-refractivity contribution in [1.29, 1.82) is 0 Å². The molecule has 0 unspecified atom stereocenters. The van der Waals surface area contributed by atoms with Crippen molar-refractivity contribution in [1.82, 2.24) is 15.0 Å². The summed E-state index contributed by atoms with van der Waals surface area (Å²) in [4.78, 5) is 38.4. The molecule has 0 saturated heterocycles. The Kier molecular flexibility index (Phi) is 11.2. The van der Waals surface area contributed by atoms with Crippen LogP contribution in [0.15, 0.2) is 36.5 Å². The van der Waals surface area contributed by atoms with E-state index < -0.39 is 67.1 Å². The summed E-state index contributed by atoms with van der Waals surface area (Å²) < 4.78 is 97.0. The number of aromatic nitrogens is 3. The fourth-order valence-corrected chi connectivity index (χ4v) is 5.08. The van der Waals surface area contributed by atoms with Gasteiger partial charge in [-0.15, -0.1) is 0 Å². The summed E-state index contributed by atoms with van der Waals surface area (Å²) in [6, 6.07) is 3.10. The monoisotopic (exact) mass is 687 g/mol. The highest BCUT2D eigenvalue weighted by Crippen LogP contribution is 2.41. The smallest absolute Gasteiger partial charge is 0.416 e. The van der Waals surface area contributed by atoms with Crippen molar-refractivity contribution in [2.75, 3.05) is 37.1 Å². The summed E-state index contributed by atoms with van der Waals surface area (Å²) in [6.07, 6.45) is -10.0. The molecule has 48 heavy (non-hydrogen) atoms. The number of aliphatic hydroxyl groups excluding tert-OH is 1. The van der Waals surface area contributed by atoms with E-state index in [9.17, 15) is 41.0 Å². The Hall–Kier alpha value is -4.87. The number of nitrogens with zero attached hydrogens (tertiary/aromatic N) is 4. The van der Waals surface area contributed by atoms with Crippen LogP contribution in [0.2, 0.25) is 0 Å². The predicted molar refractivity (Wildman–Crippen MR) is 156 cm³/mol. The number of aliphatic hydroxyl groups is 1. The van der Waals surface area contributed by atoms with Gasteiger partial charge in [-0.1, -0.05) is 6.92 Å². The zero-order valence-electron chi connectivity index (χ0n) is 25.6. The number of alkyl halides is 6. The topological polar surface area (TPSA) is 156 Å². The van der Waals surface area contributed by atoms with E-state index >= 15 is 0 Å². The highest BCUT2D eigenvalue weighted by Gasteiger charge is 2.39. The van der Waals surface area contributed by atoms with E-state index in [4.69, 9.17) is 19.3 Å². The van der Waals surface area contributed by atoms with E-state index in [-0.39, 0.29) is 54.5 Å². The van der Waals surface area contributed by atoms with Crippen molar-refractivity contribution in [2.24, 2.45) is 0 Å². The second-order valence-corrected chi connectivity index (χ2v) is 10.5. The van der Waals surface area contributed by atoms with Crippen LogP contribution in [0.25, 0.3) is 0 Å². The molecule has 1 amide bonds. The zero-order chi connectivity index (χ0) is 35.2. The van der Waals surface area contributed by atoms with Gasteiger partial charge in [0, 0.05) is 18.5 Å². The number of carbonyl (C=O) groups excluding carboxylic acids is 1. The van der Waals surface area contributed by atoms with Gasteiger partial charge in [-0.2, -0.15) is 26.3 Å². The van der Waals surface area contributed by atoms with Gasteiger partial charge in [-0.05, 0) is 42.7 Å². The van der Waals surface area contributed by atoms with Crippen LogP contribution in [0, 0.1) is 0 Å². The highest BCUT2D eigenvalue weighted by molar-refractivity contribution is 5.90. The molecular weight excluding hydrogens is 656 g/mol. The molecule has 1 aliphatic heterocycles. The van der Waals surface area contributed by atoms with Gasteiger partial charge in [0.05, 0.1) is 60.6 Å². The quantitative estimate of drug-likeness (QED) is 0.203. The van der Waals surface area contributed by atoms with Crippen LogP contribution in [-0.4, -0.2) is 70.2 Å². The number of methoxy groups -OCH3 is 1. The molecule has 12 nitrogen and oxygen atoms in total. The summed E-state index contributed by atoms with van der Waals surface area (Å²) in [7, 11) is 1.38. The normalized spacial score (nSPS) is 16.2. The number of hydrogen-bond donors (Lipinski definition) is 3. The molecule has 260 valence electrons. The van der Waals surface area contributed by atoms with Gasteiger partial charge in [0.25, 0.3) is 0 Å². The Morgan fingerprint density at radius 1 is 1.04 bits per heavy atom. The Bertz CT molecular complexity index is 1590. The summed E-state index contributed by atoms with van der Waals surface area (Å²) in [5.41, 5.74) is -2.79. The largest absolute Gasteiger partial charge is 0.488 e. The second-order valence-electron chi connectivity index (χ2n) is 10.5. The number of rotatable bonds is 12. The first kappa shape index (κ1) is 36.0. The molecule has 0 spiro atoms. The maximum absolute atomic E-state index is 13.5. The van der Waals surface area contributed by atoms with E-state index in [1.54, 1.807) is 6.07 Å². The number of benzene rings is 1. The first-order valence-electron chi connectivity index (χ1n) is 14.5. The molecular formula is C30H31F6N5O7. The SMILES string of the molecule is CC[C@@H]1C[C@H](Nc2ncc(OCCO)c(Cc3cc(C(F)(F)F)cc(C(F)(F)F)c3)n2)c2nc(OC)ccc2N1C(=O)OCCC(=O)O. The van der Waals surface area contributed by atoms with Gasteiger partial charge in [-0.3, -0.25) is 9.69 Å². The van der Waals surface area contributed by atoms with Crippen LogP contribution >= 0.6 is 0 Å². The summed E-state index contributed by atoms with van der Waals surface area (Å²) in [5.74, 6) is -1.12. The molecule has 0 radical (unpaired) electrons. The lowest BCUT2D eigenvalue weighted by Gasteiger charge is -2.39. The molecule has 2 aromatic heterocycles. The summed E-state index contributed by atoms with van der Waals surface area (Å²) >= 11 is 0. The molecule has 0 fully saturated rings. The minimum absolute atomic E-state index is 0.0246. The standard InChI is InChI=1S/C30H31F6N5O7/c1-3-19-14-21(26-22(4-5-24(40-26)46-2)41(19)28(45)48-8-6-25(43)44)39-27-37-15-23(47-9-7-42)20(38-27)12-16-10-17(29(31,32)33)13-18(11-16)30(34,35)36/h4-5,10-11,13,15,19,21,42H,3,6-9,12,14H2,1-2H3,(H,43,44)(H,37,38,39)/t19-,21+/m1/s1. The Balaban J connectivity index is 1.72. The van der Waals surface area contributed by atoms with Crippen LogP contribution in [0.3, 0.4) is 0 Å². The molecule has 0 saturated carbocycles. The minimum atomic E-state index is -5.06. The molecule has 3 aromatic rings. The van der Waals surface area contributed by atoms with E-state index in [0.29, 0.717) is 29.9 Å². The fourth-order valence-electron chi connectivity index (χ4n) is 5.08. The van der Waals surface area contributed by atoms with Gasteiger partial charge in [0.15, 0.2) is 5.75 Å². The first-order chi connectivity index (χ1) is 22.6. The molecule has 0 bridgehead atoms. The van der Waals surface area contributed by atoms with Crippen molar-refractivity contribution in [3.05, 3.63) is 64.6 Å². The van der Waals surface area contributed by atoms with Gasteiger partial charge in [0.2, 0.25) is 11.8 Å². The van der Waals surface area contributed by atoms with Crippen LogP contribution < -0.4 is 19.7 Å². The minimum Gasteiger partial charge on any atom is -0.488 e. The number of pyridine rings is 1. The van der Waals surface area contributed by atoms with Crippen molar-refractivity contribution in [3.8, 4) is 11.6 Å². The number of ether oxygens (including phenoxy) is 3. The van der Waals surface area contributed by atoms with E-state index in [2.05, 4.69) is 20.3 Å². The van der Waals surface area contributed by atoms with Crippen molar-refractivity contribution in [2.45, 2.75) is 57.0 Å². The lowest BCUT2D eigenvalue weighted by Crippen LogP contribution is -2.46. The number of amides is 1. The van der Waals surface area contributed by atoms with Gasteiger partial charge >= 0.3 is 24.4 Å². The molecule has 3 heterocycles. The van der Waals surface area contributed by atoms with Crippen molar-refractivity contribution in [3.63, 3.8) is 0 Å². The molecule has 1 aliphatic rings.